The van der Waals surface area contributed by atoms with E-state index in [1.165, 1.54) is 76.2 Å². The molecule has 3 N–H and O–H groups in total. The fourth-order valence-electron chi connectivity index (χ4n) is 20.7. The fraction of sp³-hybridized carbons (Fsp3) is 0.938. The summed E-state index contributed by atoms with van der Waals surface area (Å²) in [5, 5.41) is 36.8. The van der Waals surface area contributed by atoms with Gasteiger partial charge in [0.2, 0.25) is 0 Å². The molecule has 0 spiro atoms. The highest BCUT2D eigenvalue weighted by atomic mass is 16.5. The summed E-state index contributed by atoms with van der Waals surface area (Å²) in [6, 6.07) is 0. The molecule has 0 aromatic rings. The minimum atomic E-state index is -0.900. The van der Waals surface area contributed by atoms with Gasteiger partial charge in [0.05, 0.1) is 41.7 Å². The monoisotopic (exact) mass is 971 g/mol. The molecule has 0 amide bonds. The topological polar surface area (TPSA) is 88.4 Å². The molecular formula is C64H106O6. The van der Waals surface area contributed by atoms with Gasteiger partial charge >= 0.3 is 0 Å². The number of ether oxygens (including phenoxy) is 3. The van der Waals surface area contributed by atoms with Crippen molar-refractivity contribution < 1.29 is 29.5 Å². The number of rotatable bonds is 14. The Morgan fingerprint density at radius 2 is 1.11 bits per heavy atom. The maximum Gasteiger partial charge on any atom is 0.0970 e. The molecule has 8 fully saturated rings. The summed E-state index contributed by atoms with van der Waals surface area (Å²) in [7, 11) is 0. The van der Waals surface area contributed by atoms with Crippen LogP contribution in [0.25, 0.3) is 0 Å². The third-order valence-corrected chi connectivity index (χ3v) is 25.0. The van der Waals surface area contributed by atoms with Crippen molar-refractivity contribution in [2.24, 2.45) is 92.7 Å². The quantitative estimate of drug-likeness (QED) is 0.150. The molecule has 0 aromatic heterocycles. The summed E-state index contributed by atoms with van der Waals surface area (Å²) in [6.45, 7) is 26.6. The van der Waals surface area contributed by atoms with Crippen LogP contribution < -0.4 is 0 Å². The molecule has 2 saturated heterocycles. The molecular weight excluding hydrogens is 865 g/mol. The smallest absolute Gasteiger partial charge is 0.0970 e. The molecule has 398 valence electrons. The predicted octanol–water partition coefficient (Wildman–Crippen LogP) is 14.6. The first-order valence-corrected chi connectivity index (χ1v) is 30.7. The molecule has 21 atom stereocenters. The molecule has 3 unspecified atom stereocenters. The zero-order chi connectivity index (χ0) is 49.6. The van der Waals surface area contributed by atoms with Crippen LogP contribution in [0.5, 0.6) is 0 Å². The second kappa shape index (κ2) is 20.0. The summed E-state index contributed by atoms with van der Waals surface area (Å²) in [6.07, 6.45) is 32.7. The molecule has 6 heteroatoms. The summed E-state index contributed by atoms with van der Waals surface area (Å²) in [5.74, 6) is 7.26. The molecule has 70 heavy (non-hydrogen) atoms. The van der Waals surface area contributed by atoms with Crippen molar-refractivity contribution in [3.63, 3.8) is 0 Å². The van der Waals surface area contributed by atoms with Crippen LogP contribution in [0.1, 0.15) is 230 Å². The Hall–Kier alpha value is -0.760. The summed E-state index contributed by atoms with van der Waals surface area (Å²) < 4.78 is 21.0. The minimum Gasteiger partial charge on any atom is -0.393 e. The zero-order valence-electron chi connectivity index (χ0n) is 46.6. The normalized spacial score (nSPS) is 48.8. The number of allylic oxidation sites excluding steroid dienone is 2. The highest BCUT2D eigenvalue weighted by Gasteiger charge is 2.66. The van der Waals surface area contributed by atoms with Crippen LogP contribution >= 0.6 is 0 Å². The van der Waals surface area contributed by atoms with Gasteiger partial charge < -0.3 is 29.5 Å². The van der Waals surface area contributed by atoms with Crippen molar-refractivity contribution in [1.82, 2.24) is 0 Å². The molecule has 2 aliphatic heterocycles. The van der Waals surface area contributed by atoms with Gasteiger partial charge in [0, 0.05) is 37.9 Å². The van der Waals surface area contributed by atoms with Crippen molar-refractivity contribution in [1.29, 1.82) is 0 Å². The highest BCUT2D eigenvalue weighted by Crippen LogP contribution is 2.71. The van der Waals surface area contributed by atoms with Gasteiger partial charge in [0.1, 0.15) is 0 Å². The predicted molar refractivity (Wildman–Crippen MR) is 284 cm³/mol. The van der Waals surface area contributed by atoms with Gasteiger partial charge in [-0.15, -0.1) is 0 Å². The van der Waals surface area contributed by atoms with E-state index in [-0.39, 0.29) is 46.8 Å². The van der Waals surface area contributed by atoms with Gasteiger partial charge in [-0.1, -0.05) is 92.5 Å². The number of aliphatic hydroxyl groups is 3. The van der Waals surface area contributed by atoms with Crippen LogP contribution in [0.15, 0.2) is 23.3 Å². The van der Waals surface area contributed by atoms with E-state index in [9.17, 15) is 15.3 Å². The van der Waals surface area contributed by atoms with Crippen molar-refractivity contribution in [3.05, 3.63) is 23.3 Å². The standard InChI is InChI=1S/C64H106O6/c1-40(2)17-27-54(65)42(5)48-23-25-51-47-22-20-45-38-64(67,57-16-12-14-36-69-57)39-58(62(45,10)53(47)30-32-60(48,51)8)70-55(28-18-41(3)4)43(6)49-24-26-50-46-21-19-44-37-63(66,56-15-11-13-35-68-56)34-33-59(44,7)52(46)29-31-61(49,50)9/h19-20,40-43,46-58,65-67H,11-18,21-39H2,1-10H3/t42-,43-,46-,47-,48+,49+,50-,51-,52-,53-,54-,55-,56?,57?,58?,59-,60+,61+,62-,63-,64+/m0/s1. The molecule has 8 aliphatic carbocycles. The average molecular weight is 972 g/mol. The summed E-state index contributed by atoms with van der Waals surface area (Å²) in [5.41, 5.74) is 2.10. The fourth-order valence-corrected chi connectivity index (χ4v) is 20.7. The van der Waals surface area contributed by atoms with Crippen molar-refractivity contribution in [2.75, 3.05) is 13.2 Å². The molecule has 6 nitrogen and oxygen atoms in total. The van der Waals surface area contributed by atoms with E-state index in [1.54, 1.807) is 5.57 Å². The van der Waals surface area contributed by atoms with Crippen LogP contribution in [-0.4, -0.2) is 70.3 Å². The van der Waals surface area contributed by atoms with Crippen molar-refractivity contribution >= 4 is 0 Å². The Bertz CT molecular complexity index is 1880. The molecule has 10 aliphatic rings. The zero-order valence-corrected chi connectivity index (χ0v) is 46.6. The Labute approximate surface area is 428 Å². The van der Waals surface area contributed by atoms with Crippen LogP contribution in [-0.2, 0) is 14.2 Å². The molecule has 6 saturated carbocycles. The van der Waals surface area contributed by atoms with E-state index in [2.05, 4.69) is 81.4 Å². The third-order valence-electron chi connectivity index (χ3n) is 25.0. The van der Waals surface area contributed by atoms with Crippen LogP contribution in [0.3, 0.4) is 0 Å². The Kier molecular flexibility index (Phi) is 15.0. The average Bonchev–Trinajstić information content (AvgIpc) is 3.89. The first-order valence-electron chi connectivity index (χ1n) is 30.7. The van der Waals surface area contributed by atoms with E-state index in [0.717, 1.165) is 109 Å². The number of hydrogen-bond acceptors (Lipinski definition) is 6. The second-order valence-corrected chi connectivity index (χ2v) is 29.2. The lowest BCUT2D eigenvalue weighted by Crippen LogP contribution is -2.62. The summed E-state index contributed by atoms with van der Waals surface area (Å²) in [4.78, 5) is 0. The van der Waals surface area contributed by atoms with E-state index < -0.39 is 11.2 Å². The Balaban J connectivity index is 0.914. The van der Waals surface area contributed by atoms with Gasteiger partial charge in [0.15, 0.2) is 0 Å². The van der Waals surface area contributed by atoms with E-state index >= 15 is 0 Å². The SMILES string of the molecule is CC(C)CC[C@H](OC1C[C@@](O)(C2CCCCO2)CC2=CC[C@H]3[C@@H]4CC[C@H]([C@H](C)[C@@H](O)CCC(C)C)[C@@]4(C)CC[C@@H]3[C@]21C)[C@@H](C)[C@H]1CC[C@H]2[C@@H]3CC=C4C[C@](O)(C5CCCCO5)CC[C@]4(C)[C@H]3CC[C@]12C. The number of hydrogen-bond donors (Lipinski definition) is 3. The summed E-state index contributed by atoms with van der Waals surface area (Å²) >= 11 is 0. The number of fused-ring (bicyclic) bond motifs is 10. The highest BCUT2D eigenvalue weighted by molar-refractivity contribution is 5.31. The van der Waals surface area contributed by atoms with Gasteiger partial charge in [-0.25, -0.2) is 0 Å². The number of aliphatic hydroxyl groups excluding tert-OH is 1. The van der Waals surface area contributed by atoms with Crippen molar-refractivity contribution in [3.8, 4) is 0 Å². The minimum absolute atomic E-state index is 0.00201. The lowest BCUT2D eigenvalue weighted by molar-refractivity contribution is -0.213. The first-order chi connectivity index (χ1) is 33.2. The maximum absolute atomic E-state index is 13.1. The molecule has 10 rings (SSSR count). The Morgan fingerprint density at radius 1 is 0.571 bits per heavy atom. The second-order valence-electron chi connectivity index (χ2n) is 29.2. The van der Waals surface area contributed by atoms with Crippen LogP contribution in [0.2, 0.25) is 0 Å². The molecule has 0 aromatic carbocycles. The Morgan fingerprint density at radius 3 is 1.71 bits per heavy atom. The third kappa shape index (κ3) is 8.98. The van der Waals surface area contributed by atoms with Gasteiger partial charge in [-0.05, 0) is 229 Å². The van der Waals surface area contributed by atoms with Gasteiger partial charge in [0.25, 0.3) is 0 Å². The van der Waals surface area contributed by atoms with E-state index in [4.69, 9.17) is 14.2 Å². The lowest BCUT2D eigenvalue weighted by atomic mass is 9.45. The molecule has 0 bridgehead atoms. The molecule has 2 heterocycles. The van der Waals surface area contributed by atoms with Crippen molar-refractivity contribution in [2.45, 2.75) is 271 Å². The van der Waals surface area contributed by atoms with Gasteiger partial charge in [-0.3, -0.25) is 0 Å². The van der Waals surface area contributed by atoms with Gasteiger partial charge in [-0.2, -0.15) is 0 Å². The van der Waals surface area contributed by atoms with Crippen LogP contribution in [0, 0.1) is 92.7 Å². The van der Waals surface area contributed by atoms with Crippen LogP contribution in [0.4, 0.5) is 0 Å². The molecule has 0 radical (unpaired) electrons. The maximum atomic E-state index is 13.1. The largest absolute Gasteiger partial charge is 0.393 e. The van der Waals surface area contributed by atoms with E-state index in [1.807, 2.05) is 0 Å². The first kappa shape index (κ1) is 52.7. The lowest BCUT2D eigenvalue weighted by Gasteiger charge is -2.62. The van der Waals surface area contributed by atoms with E-state index in [0.29, 0.717) is 71.0 Å².